The van der Waals surface area contributed by atoms with Crippen LogP contribution in [0.1, 0.15) is 52.5 Å². The van der Waals surface area contributed by atoms with E-state index in [1.165, 1.54) is 6.08 Å². The summed E-state index contributed by atoms with van der Waals surface area (Å²) < 4.78 is 0. The number of carboxylic acids is 1. The van der Waals surface area contributed by atoms with Crippen molar-refractivity contribution in [2.45, 2.75) is 59.0 Å². The monoisotopic (exact) mass is 477 g/mol. The number of nitrogens with one attached hydrogen (secondary N) is 3. The van der Waals surface area contributed by atoms with Crippen molar-refractivity contribution >= 4 is 48.1 Å². The van der Waals surface area contributed by atoms with Crippen molar-refractivity contribution in [2.24, 2.45) is 11.8 Å². The number of carbonyl (C=O) groups excluding carboxylic acids is 3. The first-order valence-corrected chi connectivity index (χ1v) is 11.7. The number of anilines is 1. The molecule has 182 valence electrons. The van der Waals surface area contributed by atoms with Crippen LogP contribution in [0, 0.1) is 11.8 Å². The van der Waals surface area contributed by atoms with E-state index in [-0.39, 0.29) is 17.7 Å². The van der Waals surface area contributed by atoms with Crippen LogP contribution in [-0.2, 0) is 19.2 Å². The molecule has 1 aromatic rings. The molecule has 0 aliphatic carbocycles. The number of rotatable bonds is 13. The number of hydrogen-bond acceptors (Lipinski definition) is 5. The van der Waals surface area contributed by atoms with E-state index < -0.39 is 29.9 Å². The fourth-order valence-corrected chi connectivity index (χ4v) is 3.24. The molecule has 0 aliphatic heterocycles. The van der Waals surface area contributed by atoms with Crippen LogP contribution in [0.25, 0.3) is 6.08 Å². The second-order valence-corrected chi connectivity index (χ2v) is 8.83. The van der Waals surface area contributed by atoms with Gasteiger partial charge in [-0.1, -0.05) is 46.2 Å². The predicted molar refractivity (Wildman–Crippen MR) is 133 cm³/mol. The van der Waals surface area contributed by atoms with Gasteiger partial charge in [-0.15, -0.1) is 0 Å². The maximum absolute atomic E-state index is 12.8. The van der Waals surface area contributed by atoms with E-state index in [4.69, 9.17) is 0 Å². The Hall–Kier alpha value is -2.81. The van der Waals surface area contributed by atoms with E-state index in [2.05, 4.69) is 28.6 Å². The Morgan fingerprint density at radius 2 is 1.70 bits per heavy atom. The molecule has 8 nitrogen and oxygen atoms in total. The molecule has 0 heterocycles. The lowest BCUT2D eigenvalue weighted by molar-refractivity contribution is -0.143. The molecule has 33 heavy (non-hydrogen) atoms. The molecule has 1 rings (SSSR count). The molecule has 0 aliphatic rings. The van der Waals surface area contributed by atoms with Gasteiger partial charge in [0.05, 0.1) is 0 Å². The average molecular weight is 478 g/mol. The molecule has 0 fully saturated rings. The highest BCUT2D eigenvalue weighted by Gasteiger charge is 2.29. The Morgan fingerprint density at radius 1 is 1.06 bits per heavy atom. The first kappa shape index (κ1) is 28.2. The highest BCUT2D eigenvalue weighted by Crippen LogP contribution is 2.13. The first-order chi connectivity index (χ1) is 15.6. The highest BCUT2D eigenvalue weighted by molar-refractivity contribution is 7.80. The third-order valence-corrected chi connectivity index (χ3v) is 5.30. The van der Waals surface area contributed by atoms with Crippen LogP contribution in [0.15, 0.2) is 30.3 Å². The molecule has 1 aromatic carbocycles. The maximum atomic E-state index is 12.8. The van der Waals surface area contributed by atoms with E-state index in [9.17, 15) is 24.3 Å². The number of carbonyl (C=O) groups is 4. The number of aliphatic carboxylic acids is 1. The minimum absolute atomic E-state index is 0.0914. The van der Waals surface area contributed by atoms with Crippen LogP contribution in [0.2, 0.25) is 0 Å². The van der Waals surface area contributed by atoms with Gasteiger partial charge >= 0.3 is 5.97 Å². The van der Waals surface area contributed by atoms with Crippen molar-refractivity contribution < 1.29 is 24.3 Å². The molecular formula is C24H35N3O5S. The Balaban J connectivity index is 2.80. The van der Waals surface area contributed by atoms with Gasteiger partial charge in [0.15, 0.2) is 0 Å². The van der Waals surface area contributed by atoms with Crippen LogP contribution in [0.3, 0.4) is 0 Å². The zero-order valence-corrected chi connectivity index (χ0v) is 20.5. The van der Waals surface area contributed by atoms with E-state index in [1.54, 1.807) is 30.3 Å². The minimum Gasteiger partial charge on any atom is -0.480 e. The molecule has 0 saturated heterocycles. The summed E-state index contributed by atoms with van der Waals surface area (Å²) in [6.45, 7) is 7.48. The van der Waals surface area contributed by atoms with Crippen LogP contribution < -0.4 is 16.0 Å². The summed E-state index contributed by atoms with van der Waals surface area (Å²) in [5, 5.41) is 17.4. The van der Waals surface area contributed by atoms with Gasteiger partial charge < -0.3 is 21.1 Å². The van der Waals surface area contributed by atoms with E-state index in [0.717, 1.165) is 5.56 Å². The Bertz CT molecular complexity index is 839. The Kier molecular flexibility index (Phi) is 12.3. The van der Waals surface area contributed by atoms with Crippen molar-refractivity contribution in [3.05, 3.63) is 35.9 Å². The van der Waals surface area contributed by atoms with Crippen molar-refractivity contribution in [3.8, 4) is 0 Å². The van der Waals surface area contributed by atoms with Gasteiger partial charge in [-0.2, -0.15) is 12.6 Å². The van der Waals surface area contributed by atoms with Gasteiger partial charge in [-0.05, 0) is 47.8 Å². The summed E-state index contributed by atoms with van der Waals surface area (Å²) >= 11 is 4.02. The molecule has 0 radical (unpaired) electrons. The lowest BCUT2D eigenvalue weighted by Gasteiger charge is -2.25. The molecular weight excluding hydrogens is 442 g/mol. The lowest BCUT2D eigenvalue weighted by atomic mass is 9.97. The number of thiol groups is 1. The summed E-state index contributed by atoms with van der Waals surface area (Å²) in [4.78, 5) is 48.3. The van der Waals surface area contributed by atoms with Crippen molar-refractivity contribution in [1.29, 1.82) is 0 Å². The lowest BCUT2D eigenvalue weighted by Crippen LogP contribution is -2.54. The van der Waals surface area contributed by atoms with Crippen LogP contribution in [0.4, 0.5) is 5.69 Å². The molecule has 0 saturated carbocycles. The number of amides is 3. The van der Waals surface area contributed by atoms with Gasteiger partial charge in [-0.3, -0.25) is 14.4 Å². The van der Waals surface area contributed by atoms with Crippen LogP contribution >= 0.6 is 12.6 Å². The van der Waals surface area contributed by atoms with E-state index in [0.29, 0.717) is 30.7 Å². The fourth-order valence-electron chi connectivity index (χ4n) is 3.03. The fraction of sp³-hybridized carbons (Fsp3) is 0.500. The van der Waals surface area contributed by atoms with Crippen molar-refractivity contribution in [2.75, 3.05) is 11.1 Å². The number of hydrogen-bond donors (Lipinski definition) is 5. The average Bonchev–Trinajstić information content (AvgIpc) is 2.75. The zero-order valence-electron chi connectivity index (χ0n) is 19.6. The summed E-state index contributed by atoms with van der Waals surface area (Å²) in [6.07, 6.45) is 4.16. The van der Waals surface area contributed by atoms with Gasteiger partial charge in [0, 0.05) is 18.2 Å². The maximum Gasteiger partial charge on any atom is 0.326 e. The molecule has 0 spiro atoms. The standard InChI is InChI=1S/C24H35N3O5S/c1-5-16(4)22(23(30)26-19(24(31)32)14-15(2)3)27-20(28)11-8-17-6-9-18(10-7-17)25-21(29)12-13-33/h6-11,15-16,19,22,33H,5,12-14H2,1-4H3,(H,25,29)(H,26,30)(H,27,28)(H,31,32)/b11-8+/t16?,19-,22?/m0/s1. The molecule has 3 amide bonds. The summed E-state index contributed by atoms with van der Waals surface area (Å²) in [5.74, 6) is -1.83. The van der Waals surface area contributed by atoms with Crippen LogP contribution in [-0.4, -0.2) is 46.6 Å². The second kappa shape index (κ2) is 14.4. The number of benzene rings is 1. The Labute approximate surface area is 201 Å². The highest BCUT2D eigenvalue weighted by atomic mass is 32.1. The smallest absolute Gasteiger partial charge is 0.326 e. The third-order valence-electron chi connectivity index (χ3n) is 5.08. The van der Waals surface area contributed by atoms with Gasteiger partial charge in [0.2, 0.25) is 17.7 Å². The molecule has 0 bridgehead atoms. The topological polar surface area (TPSA) is 125 Å². The summed E-state index contributed by atoms with van der Waals surface area (Å²) in [6, 6.07) is 5.09. The van der Waals surface area contributed by atoms with E-state index >= 15 is 0 Å². The predicted octanol–water partition coefficient (Wildman–Crippen LogP) is 3.10. The number of carboxylic acid groups (broad SMARTS) is 1. The SMILES string of the molecule is CCC(C)C(NC(=O)/C=C/c1ccc(NC(=O)CCS)cc1)C(=O)N[C@@H](CC(C)C)C(=O)O. The Morgan fingerprint density at radius 3 is 2.21 bits per heavy atom. The van der Waals surface area contributed by atoms with Crippen molar-refractivity contribution in [3.63, 3.8) is 0 Å². The van der Waals surface area contributed by atoms with Crippen molar-refractivity contribution in [1.82, 2.24) is 10.6 Å². The van der Waals surface area contributed by atoms with E-state index in [1.807, 2.05) is 27.7 Å². The largest absolute Gasteiger partial charge is 0.480 e. The van der Waals surface area contributed by atoms with Crippen LogP contribution in [0.5, 0.6) is 0 Å². The quantitative estimate of drug-likeness (QED) is 0.221. The molecule has 2 unspecified atom stereocenters. The first-order valence-electron chi connectivity index (χ1n) is 11.1. The van der Waals surface area contributed by atoms with Gasteiger partial charge in [0.25, 0.3) is 0 Å². The molecule has 0 aromatic heterocycles. The summed E-state index contributed by atoms with van der Waals surface area (Å²) in [5.41, 5.74) is 1.39. The van der Waals surface area contributed by atoms with Gasteiger partial charge in [-0.25, -0.2) is 4.79 Å². The summed E-state index contributed by atoms with van der Waals surface area (Å²) in [7, 11) is 0. The second-order valence-electron chi connectivity index (χ2n) is 8.38. The molecule has 4 N–H and O–H groups in total. The third kappa shape index (κ3) is 10.6. The molecule has 9 heteroatoms. The molecule has 3 atom stereocenters. The minimum atomic E-state index is -1.10. The van der Waals surface area contributed by atoms with Gasteiger partial charge in [0.1, 0.15) is 12.1 Å². The zero-order chi connectivity index (χ0) is 25.0. The normalized spacial score (nSPS) is 13.9.